The van der Waals surface area contributed by atoms with Crippen molar-refractivity contribution in [2.75, 3.05) is 0 Å². The molecule has 0 amide bonds. The molecule has 1 N–H and O–H groups in total. The second-order valence-electron chi connectivity index (χ2n) is 4.17. The standard InChI is InChI=1S/C7H4ClS.C4H10N.2CH3.2ClH.H2Si.Zr/c8-7-6-3-1-2-5(6)4-9-7;1-4(2,3)5;;;;;;/h1,3-4,7H;5H,1-3H3;2*1H3;2*1H;1H2;/q4*-1;;;;. The molecule has 1 aliphatic carbocycles. The van der Waals surface area contributed by atoms with Gasteiger partial charge in [-0.3, -0.25) is 0 Å². The Balaban J connectivity index is -0.0000000616. The van der Waals surface area contributed by atoms with Crippen LogP contribution in [0.2, 0.25) is 0 Å². The molecule has 2 aliphatic rings. The van der Waals surface area contributed by atoms with Crippen molar-refractivity contribution in [3.05, 3.63) is 55.4 Å². The van der Waals surface area contributed by atoms with Crippen LogP contribution in [0.4, 0.5) is 0 Å². The van der Waals surface area contributed by atoms with Crippen LogP contribution >= 0.6 is 48.2 Å². The fourth-order valence-corrected chi connectivity index (χ4v) is 2.05. The minimum absolute atomic E-state index is 0. The van der Waals surface area contributed by atoms with Crippen molar-refractivity contribution < 1.29 is 23.3 Å². The van der Waals surface area contributed by atoms with Crippen LogP contribution in [0, 0.1) is 20.9 Å². The maximum atomic E-state index is 6.94. The predicted molar refractivity (Wildman–Crippen MR) is 101 cm³/mol. The Bertz CT molecular complexity index is 322. The van der Waals surface area contributed by atoms with Gasteiger partial charge in [0.15, 0.2) is 0 Å². The van der Waals surface area contributed by atoms with E-state index in [9.17, 15) is 0 Å². The number of alkyl halides is 1. The van der Waals surface area contributed by atoms with Crippen LogP contribution in [0.25, 0.3) is 5.73 Å². The molecule has 7 heteroatoms. The van der Waals surface area contributed by atoms with Gasteiger partial charge in [0.05, 0.1) is 4.71 Å². The van der Waals surface area contributed by atoms with Crippen LogP contribution in [0.15, 0.2) is 28.7 Å². The van der Waals surface area contributed by atoms with Gasteiger partial charge in [0.1, 0.15) is 0 Å². The quantitative estimate of drug-likeness (QED) is 0.284. The van der Waals surface area contributed by atoms with Crippen molar-refractivity contribution in [1.82, 2.24) is 0 Å². The Kier molecular flexibility index (Phi) is 28.0. The van der Waals surface area contributed by atoms with Crippen molar-refractivity contribution in [3.63, 3.8) is 0 Å². The summed E-state index contributed by atoms with van der Waals surface area (Å²) in [6, 6.07) is 0. The molecule has 0 saturated heterocycles. The monoisotopic (exact) mass is 449 g/mol. The van der Waals surface area contributed by atoms with Gasteiger partial charge in [-0.2, -0.15) is 23.9 Å². The zero-order valence-electron chi connectivity index (χ0n) is 12.6. The van der Waals surface area contributed by atoms with E-state index in [1.54, 1.807) is 35.1 Å². The molecule has 0 spiro atoms. The van der Waals surface area contributed by atoms with E-state index in [-0.39, 0.29) is 49.9 Å². The molecule has 1 aliphatic heterocycles. The van der Waals surface area contributed by atoms with Gasteiger partial charge >= 0.3 is 30.2 Å². The van der Waals surface area contributed by atoms with Crippen molar-refractivity contribution in [2.24, 2.45) is 0 Å². The Morgan fingerprint density at radius 2 is 1.70 bits per heavy atom. The molecule has 0 radical (unpaired) electrons. The number of thioether (sulfide) groups is 1. The van der Waals surface area contributed by atoms with E-state index < -0.39 is 0 Å². The first-order valence-corrected chi connectivity index (χ1v) is 12.1. The van der Waals surface area contributed by atoms with Crippen LogP contribution in [-0.4, -0.2) is 17.1 Å². The number of hydrogen-bond acceptors (Lipinski definition) is 1. The zero-order valence-corrected chi connectivity index (χ0v) is 19.7. The Morgan fingerprint density at radius 3 is 2.05 bits per heavy atom. The molecule has 1 atom stereocenters. The average molecular weight is 452 g/mol. The summed E-state index contributed by atoms with van der Waals surface area (Å²) in [6.45, 7) is 7.51. The van der Waals surface area contributed by atoms with Gasteiger partial charge in [0, 0.05) is 0 Å². The molecular formula is C13H24Cl3NSSiZr-4. The van der Waals surface area contributed by atoms with Crippen LogP contribution in [-0.2, 0) is 23.3 Å². The molecule has 20 heavy (non-hydrogen) atoms. The summed E-state index contributed by atoms with van der Waals surface area (Å²) in [7, 11) is 0. The summed E-state index contributed by atoms with van der Waals surface area (Å²) in [5.41, 5.74) is 9.06. The van der Waals surface area contributed by atoms with Crippen molar-refractivity contribution in [1.29, 1.82) is 0 Å². The molecule has 2 rings (SSSR count). The van der Waals surface area contributed by atoms with E-state index in [0.29, 0.717) is 0 Å². The molecule has 0 aromatic rings. The normalized spacial score (nSPS) is 16.7. The van der Waals surface area contributed by atoms with Crippen molar-refractivity contribution in [2.45, 2.75) is 31.0 Å². The van der Waals surface area contributed by atoms with Crippen molar-refractivity contribution in [3.8, 4) is 0 Å². The number of halogens is 3. The van der Waals surface area contributed by atoms with Gasteiger partial charge in [-0.25, -0.2) is 0 Å². The summed E-state index contributed by atoms with van der Waals surface area (Å²) < 4.78 is 0.131. The topological polar surface area (TPSA) is 23.8 Å². The fourth-order valence-electron chi connectivity index (χ4n) is 0.895. The van der Waals surface area contributed by atoms with E-state index in [0.717, 1.165) is 0 Å². The van der Waals surface area contributed by atoms with E-state index in [1.165, 1.54) is 11.1 Å². The Morgan fingerprint density at radius 1 is 1.30 bits per heavy atom. The van der Waals surface area contributed by atoms with Gasteiger partial charge in [-0.1, -0.05) is 20.8 Å². The first-order chi connectivity index (χ1) is 7.38. The first kappa shape index (κ1) is 33.2. The van der Waals surface area contributed by atoms with E-state index in [4.69, 9.17) is 17.3 Å². The molecular weight excluding hydrogens is 428 g/mol. The number of hydrogen-bond donors (Lipinski definition) is 0. The molecule has 0 fully saturated rings. The van der Waals surface area contributed by atoms with E-state index >= 15 is 0 Å². The number of fused-ring (bicyclic) bond motifs is 1. The van der Waals surface area contributed by atoms with Gasteiger partial charge < -0.3 is 20.6 Å². The summed E-state index contributed by atoms with van der Waals surface area (Å²) >= 11 is 9.12. The third kappa shape index (κ3) is 15.9. The molecule has 0 aromatic heterocycles. The molecule has 120 valence electrons. The summed E-state index contributed by atoms with van der Waals surface area (Å²) in [5.74, 6) is 0. The van der Waals surface area contributed by atoms with E-state index in [1.807, 2.05) is 45.2 Å². The molecule has 0 saturated carbocycles. The maximum absolute atomic E-state index is 6.94. The predicted octanol–water partition coefficient (Wildman–Crippen LogP) is 5.14. The molecule has 0 bridgehead atoms. The number of nitrogens with one attached hydrogen (secondary N) is 1. The molecule has 1 unspecified atom stereocenters. The second-order valence-corrected chi connectivity index (χ2v) is 5.84. The molecule has 0 aromatic carbocycles. The van der Waals surface area contributed by atoms with Crippen molar-refractivity contribution >= 4 is 55.1 Å². The first-order valence-electron chi connectivity index (χ1n) is 4.78. The van der Waals surface area contributed by atoms with Gasteiger partial charge in [-0.15, -0.1) is 64.6 Å². The SMILES string of the molecule is CC(C)(C)[NH-].Cl.Cl.ClC1SC=C2[C-]=CC=C21.[CH3-].[CH3-].[SiH2]=[Zr]. The second kappa shape index (κ2) is 16.9. The minimum atomic E-state index is -0.250. The third-order valence-electron chi connectivity index (χ3n) is 1.36. The molecule has 1 heterocycles. The third-order valence-corrected chi connectivity index (χ3v) is 2.77. The number of allylic oxidation sites excluding steroid dienone is 4. The fraction of sp³-hybridized carbons (Fsp3) is 0.385. The Hall–Kier alpha value is 1.50. The van der Waals surface area contributed by atoms with Gasteiger partial charge in [0.25, 0.3) is 0 Å². The van der Waals surface area contributed by atoms with E-state index in [2.05, 4.69) is 6.08 Å². The summed E-state index contributed by atoms with van der Waals surface area (Å²) in [6.07, 6.45) is 7.02. The summed E-state index contributed by atoms with van der Waals surface area (Å²) in [5, 5.41) is 2.05. The molecule has 1 nitrogen and oxygen atoms in total. The zero-order chi connectivity index (χ0) is 12.8. The van der Waals surface area contributed by atoms with Crippen LogP contribution in [0.5, 0.6) is 0 Å². The van der Waals surface area contributed by atoms with Crippen LogP contribution < -0.4 is 0 Å². The van der Waals surface area contributed by atoms with Gasteiger partial charge in [0.2, 0.25) is 0 Å². The van der Waals surface area contributed by atoms with Crippen LogP contribution in [0.1, 0.15) is 20.8 Å². The number of rotatable bonds is 0. The van der Waals surface area contributed by atoms with Crippen LogP contribution in [0.3, 0.4) is 0 Å². The average Bonchev–Trinajstić information content (AvgIpc) is 2.72. The Labute approximate surface area is 163 Å². The van der Waals surface area contributed by atoms with Gasteiger partial charge in [-0.05, 0) is 0 Å². The summed E-state index contributed by atoms with van der Waals surface area (Å²) in [4.78, 5) is 0.